The molecule has 0 saturated heterocycles. The maximum Gasteiger partial charge on any atom is 0.317 e. The van der Waals surface area contributed by atoms with Crippen molar-refractivity contribution >= 4 is 6.03 Å². The molecule has 2 amide bonds. The van der Waals surface area contributed by atoms with Crippen molar-refractivity contribution in [2.75, 3.05) is 19.7 Å². The van der Waals surface area contributed by atoms with E-state index in [1.165, 1.54) is 0 Å². The largest absolute Gasteiger partial charge is 0.395 e. The number of hydrogen-bond acceptors (Lipinski definition) is 3. The summed E-state index contributed by atoms with van der Waals surface area (Å²) in [4.78, 5) is 17.8. The first-order valence-corrected chi connectivity index (χ1v) is 6.23. The fourth-order valence-electron chi connectivity index (χ4n) is 1.68. The normalized spacial score (nSPS) is 10.2. The lowest BCUT2D eigenvalue weighted by Crippen LogP contribution is -2.41. The van der Waals surface area contributed by atoms with Gasteiger partial charge in [0.1, 0.15) is 0 Å². The van der Waals surface area contributed by atoms with E-state index in [0.717, 1.165) is 17.8 Å². The van der Waals surface area contributed by atoms with E-state index in [-0.39, 0.29) is 12.6 Å². The zero-order chi connectivity index (χ0) is 13.4. The fourth-order valence-corrected chi connectivity index (χ4v) is 1.68. The molecular formula is C13H21N3O2. The summed E-state index contributed by atoms with van der Waals surface area (Å²) in [6.45, 7) is 5.32. The molecule has 1 aromatic rings. The molecule has 1 rings (SSSR count). The molecular weight excluding hydrogens is 230 g/mol. The van der Waals surface area contributed by atoms with Crippen LogP contribution < -0.4 is 5.32 Å². The van der Waals surface area contributed by atoms with Crippen molar-refractivity contribution in [2.45, 2.75) is 26.8 Å². The molecule has 0 aliphatic carbocycles. The van der Waals surface area contributed by atoms with Gasteiger partial charge in [0.05, 0.1) is 18.8 Å². The summed E-state index contributed by atoms with van der Waals surface area (Å²) < 4.78 is 0. The van der Waals surface area contributed by atoms with Crippen LogP contribution in [0.3, 0.4) is 0 Å². The zero-order valence-electron chi connectivity index (χ0n) is 11.0. The van der Waals surface area contributed by atoms with Gasteiger partial charge in [0, 0.05) is 18.8 Å². The Kier molecular flexibility index (Phi) is 6.14. The Bertz CT molecular complexity index is 376. The van der Waals surface area contributed by atoms with Crippen molar-refractivity contribution in [1.82, 2.24) is 15.2 Å². The van der Waals surface area contributed by atoms with Gasteiger partial charge in [-0.15, -0.1) is 0 Å². The molecule has 0 unspecified atom stereocenters. The first-order chi connectivity index (χ1) is 8.67. The molecule has 5 heteroatoms. The van der Waals surface area contributed by atoms with Gasteiger partial charge in [0.15, 0.2) is 0 Å². The van der Waals surface area contributed by atoms with Gasteiger partial charge >= 0.3 is 6.03 Å². The highest BCUT2D eigenvalue weighted by Gasteiger charge is 2.11. The number of carbonyl (C=O) groups is 1. The lowest BCUT2D eigenvalue weighted by molar-refractivity contribution is 0.177. The Hall–Kier alpha value is -1.62. The smallest absolute Gasteiger partial charge is 0.317 e. The van der Waals surface area contributed by atoms with E-state index >= 15 is 0 Å². The summed E-state index contributed by atoms with van der Waals surface area (Å²) in [7, 11) is 0. The van der Waals surface area contributed by atoms with E-state index < -0.39 is 0 Å². The second-order valence-electron chi connectivity index (χ2n) is 4.14. The van der Waals surface area contributed by atoms with Gasteiger partial charge < -0.3 is 15.3 Å². The summed E-state index contributed by atoms with van der Waals surface area (Å²) in [6, 6.07) is 5.56. The van der Waals surface area contributed by atoms with Crippen molar-refractivity contribution < 1.29 is 9.90 Å². The molecule has 1 aromatic heterocycles. The summed E-state index contributed by atoms with van der Waals surface area (Å²) in [5.41, 5.74) is 1.77. The predicted molar refractivity (Wildman–Crippen MR) is 70.2 cm³/mol. The highest BCUT2D eigenvalue weighted by molar-refractivity contribution is 5.74. The maximum absolute atomic E-state index is 11.9. The summed E-state index contributed by atoms with van der Waals surface area (Å²) >= 11 is 0. The van der Waals surface area contributed by atoms with E-state index in [9.17, 15) is 4.79 Å². The zero-order valence-corrected chi connectivity index (χ0v) is 11.0. The van der Waals surface area contributed by atoms with E-state index in [0.29, 0.717) is 19.6 Å². The molecule has 100 valence electrons. The third-order valence-electron chi connectivity index (χ3n) is 2.52. The van der Waals surface area contributed by atoms with Crippen molar-refractivity contribution in [1.29, 1.82) is 0 Å². The molecule has 0 atom stereocenters. The molecule has 2 N–H and O–H groups in total. The summed E-state index contributed by atoms with van der Waals surface area (Å²) in [6.07, 6.45) is 0.871. The lowest BCUT2D eigenvalue weighted by Gasteiger charge is -2.21. The third kappa shape index (κ3) is 4.71. The number of aliphatic hydroxyl groups is 1. The summed E-state index contributed by atoms with van der Waals surface area (Å²) in [5.74, 6) is 0. The fraction of sp³-hybridized carbons (Fsp3) is 0.538. The molecule has 0 saturated carbocycles. The molecule has 0 fully saturated rings. The van der Waals surface area contributed by atoms with Crippen LogP contribution in [0.5, 0.6) is 0 Å². The van der Waals surface area contributed by atoms with Gasteiger partial charge in [-0.3, -0.25) is 4.98 Å². The van der Waals surface area contributed by atoms with Gasteiger partial charge in [-0.1, -0.05) is 13.0 Å². The number of urea groups is 1. The van der Waals surface area contributed by atoms with Crippen LogP contribution in [-0.4, -0.2) is 40.7 Å². The van der Waals surface area contributed by atoms with Crippen LogP contribution in [0, 0.1) is 6.92 Å². The molecule has 1 heterocycles. The van der Waals surface area contributed by atoms with Gasteiger partial charge in [-0.2, -0.15) is 0 Å². The highest BCUT2D eigenvalue weighted by Crippen LogP contribution is 1.99. The SMILES string of the molecule is CCCN(CCO)C(=O)NCc1cccc(C)n1. The average Bonchev–Trinajstić information content (AvgIpc) is 2.36. The van der Waals surface area contributed by atoms with Crippen LogP contribution in [0.1, 0.15) is 24.7 Å². The number of aromatic nitrogens is 1. The second kappa shape index (κ2) is 7.66. The minimum atomic E-state index is -0.158. The number of aryl methyl sites for hydroxylation is 1. The van der Waals surface area contributed by atoms with Crippen molar-refractivity contribution in [3.05, 3.63) is 29.6 Å². The minimum absolute atomic E-state index is 0.0177. The quantitative estimate of drug-likeness (QED) is 0.801. The number of hydrogen-bond donors (Lipinski definition) is 2. The number of nitrogens with one attached hydrogen (secondary N) is 1. The maximum atomic E-state index is 11.9. The second-order valence-corrected chi connectivity index (χ2v) is 4.14. The van der Waals surface area contributed by atoms with Gasteiger partial charge in [-0.25, -0.2) is 4.79 Å². The van der Waals surface area contributed by atoms with E-state index in [2.05, 4.69) is 10.3 Å². The number of pyridine rings is 1. The van der Waals surface area contributed by atoms with Crippen LogP contribution in [0.2, 0.25) is 0 Å². The molecule has 5 nitrogen and oxygen atoms in total. The van der Waals surface area contributed by atoms with Gasteiger partial charge in [0.2, 0.25) is 0 Å². The Morgan fingerprint density at radius 1 is 1.44 bits per heavy atom. The van der Waals surface area contributed by atoms with Gasteiger partial charge in [0.25, 0.3) is 0 Å². The number of nitrogens with zero attached hydrogens (tertiary/aromatic N) is 2. The molecule has 0 bridgehead atoms. The van der Waals surface area contributed by atoms with Crippen LogP contribution >= 0.6 is 0 Å². The van der Waals surface area contributed by atoms with Gasteiger partial charge in [-0.05, 0) is 25.5 Å². The first-order valence-electron chi connectivity index (χ1n) is 6.23. The minimum Gasteiger partial charge on any atom is -0.395 e. The highest BCUT2D eigenvalue weighted by atomic mass is 16.3. The Labute approximate surface area is 108 Å². The number of carbonyl (C=O) groups excluding carboxylic acids is 1. The number of aliphatic hydroxyl groups excluding tert-OH is 1. The molecule has 18 heavy (non-hydrogen) atoms. The van der Waals surface area contributed by atoms with Crippen molar-refractivity contribution in [3.8, 4) is 0 Å². The Morgan fingerprint density at radius 2 is 2.22 bits per heavy atom. The number of rotatable bonds is 6. The van der Waals surface area contributed by atoms with Crippen LogP contribution in [-0.2, 0) is 6.54 Å². The Morgan fingerprint density at radius 3 is 2.83 bits per heavy atom. The van der Waals surface area contributed by atoms with Crippen LogP contribution in [0.4, 0.5) is 4.79 Å². The third-order valence-corrected chi connectivity index (χ3v) is 2.52. The topological polar surface area (TPSA) is 65.5 Å². The number of amides is 2. The van der Waals surface area contributed by atoms with Crippen LogP contribution in [0.15, 0.2) is 18.2 Å². The van der Waals surface area contributed by atoms with E-state index in [1.54, 1.807) is 4.90 Å². The van der Waals surface area contributed by atoms with Crippen molar-refractivity contribution in [3.63, 3.8) is 0 Å². The summed E-state index contributed by atoms with van der Waals surface area (Å²) in [5, 5.41) is 11.7. The van der Waals surface area contributed by atoms with Crippen LogP contribution in [0.25, 0.3) is 0 Å². The molecule has 0 radical (unpaired) electrons. The average molecular weight is 251 g/mol. The first kappa shape index (κ1) is 14.4. The Balaban J connectivity index is 2.48. The lowest BCUT2D eigenvalue weighted by atomic mass is 10.3. The standard InChI is InChI=1S/C13H21N3O2/c1-3-7-16(8-9-17)13(18)14-10-12-6-4-5-11(2)15-12/h4-6,17H,3,7-10H2,1-2H3,(H,14,18). The molecule has 0 spiro atoms. The van der Waals surface area contributed by atoms with E-state index in [1.807, 2.05) is 32.0 Å². The molecule has 0 aliphatic heterocycles. The van der Waals surface area contributed by atoms with E-state index in [4.69, 9.17) is 5.11 Å². The predicted octanol–water partition coefficient (Wildman–Crippen LogP) is 1.30. The molecule has 0 aromatic carbocycles. The monoisotopic (exact) mass is 251 g/mol. The molecule has 0 aliphatic rings. The van der Waals surface area contributed by atoms with Crippen molar-refractivity contribution in [2.24, 2.45) is 0 Å².